The summed E-state index contributed by atoms with van der Waals surface area (Å²) in [7, 11) is 0. The highest BCUT2D eigenvalue weighted by Crippen LogP contribution is 2.19. The van der Waals surface area contributed by atoms with Crippen LogP contribution in [0.4, 0.5) is 5.69 Å². The van der Waals surface area contributed by atoms with Crippen molar-refractivity contribution in [1.82, 2.24) is 5.32 Å². The van der Waals surface area contributed by atoms with Gasteiger partial charge in [-0.2, -0.15) is 0 Å². The number of furan rings is 2. The van der Waals surface area contributed by atoms with E-state index in [2.05, 4.69) is 10.6 Å². The van der Waals surface area contributed by atoms with Crippen LogP contribution in [0.2, 0.25) is 0 Å². The van der Waals surface area contributed by atoms with Gasteiger partial charge in [0.1, 0.15) is 5.76 Å². The van der Waals surface area contributed by atoms with Crippen molar-refractivity contribution in [3.63, 3.8) is 0 Å². The summed E-state index contributed by atoms with van der Waals surface area (Å²) in [6.07, 6.45) is 2.99. The molecular formula is C19H18N2O4. The van der Waals surface area contributed by atoms with Crippen LogP contribution in [-0.4, -0.2) is 11.8 Å². The third kappa shape index (κ3) is 3.80. The zero-order valence-corrected chi connectivity index (χ0v) is 13.9. The lowest BCUT2D eigenvalue weighted by molar-refractivity contribution is 0.0934. The van der Waals surface area contributed by atoms with Gasteiger partial charge >= 0.3 is 0 Å². The van der Waals surface area contributed by atoms with Crippen molar-refractivity contribution in [2.24, 2.45) is 0 Å². The van der Waals surface area contributed by atoms with Gasteiger partial charge in [-0.1, -0.05) is 6.07 Å². The molecule has 0 radical (unpaired) electrons. The number of carbonyl (C=O) groups excluding carboxylic acids is 2. The van der Waals surface area contributed by atoms with E-state index in [9.17, 15) is 9.59 Å². The summed E-state index contributed by atoms with van der Waals surface area (Å²) < 4.78 is 10.4. The first-order valence-corrected chi connectivity index (χ1v) is 7.84. The molecule has 0 spiro atoms. The molecule has 0 saturated heterocycles. The Morgan fingerprint density at radius 1 is 1.00 bits per heavy atom. The first kappa shape index (κ1) is 16.6. The fraction of sp³-hybridized carbons (Fsp3) is 0.158. The number of aryl methyl sites for hydroxylation is 1. The van der Waals surface area contributed by atoms with Gasteiger partial charge in [-0.05, 0) is 55.8 Å². The Morgan fingerprint density at radius 2 is 1.76 bits per heavy atom. The van der Waals surface area contributed by atoms with E-state index in [1.807, 2.05) is 13.8 Å². The van der Waals surface area contributed by atoms with Crippen molar-refractivity contribution < 1.29 is 18.4 Å². The predicted octanol–water partition coefficient (Wildman–Crippen LogP) is 3.92. The van der Waals surface area contributed by atoms with Gasteiger partial charge in [-0.15, -0.1) is 0 Å². The Kier molecular flexibility index (Phi) is 4.70. The van der Waals surface area contributed by atoms with Crippen molar-refractivity contribution in [1.29, 1.82) is 0 Å². The summed E-state index contributed by atoms with van der Waals surface area (Å²) >= 11 is 0. The smallest absolute Gasteiger partial charge is 0.291 e. The molecule has 2 amide bonds. The molecule has 2 heterocycles. The fourth-order valence-corrected chi connectivity index (χ4v) is 2.38. The Balaban J connectivity index is 1.74. The molecule has 1 aromatic carbocycles. The molecule has 6 heteroatoms. The number of rotatable bonds is 5. The molecule has 0 bridgehead atoms. The molecule has 3 aromatic rings. The van der Waals surface area contributed by atoms with E-state index < -0.39 is 0 Å². The van der Waals surface area contributed by atoms with Crippen molar-refractivity contribution >= 4 is 17.5 Å². The van der Waals surface area contributed by atoms with Gasteiger partial charge in [0.15, 0.2) is 5.76 Å². The average Bonchev–Trinajstić information content (AvgIpc) is 3.30. The van der Waals surface area contributed by atoms with Gasteiger partial charge in [-0.25, -0.2) is 0 Å². The van der Waals surface area contributed by atoms with Crippen LogP contribution in [0.15, 0.2) is 63.8 Å². The van der Waals surface area contributed by atoms with Gasteiger partial charge in [0.05, 0.1) is 18.6 Å². The van der Waals surface area contributed by atoms with Crippen LogP contribution < -0.4 is 10.6 Å². The molecule has 2 N–H and O–H groups in total. The number of hydrogen-bond donors (Lipinski definition) is 2. The van der Waals surface area contributed by atoms with Crippen molar-refractivity contribution in [3.05, 3.63) is 77.6 Å². The summed E-state index contributed by atoms with van der Waals surface area (Å²) in [5, 5.41) is 5.62. The van der Waals surface area contributed by atoms with Crippen LogP contribution in [0.5, 0.6) is 0 Å². The zero-order chi connectivity index (χ0) is 17.8. The highest BCUT2D eigenvalue weighted by molar-refractivity contribution is 6.03. The molecule has 128 valence electrons. The van der Waals surface area contributed by atoms with Gasteiger partial charge < -0.3 is 19.5 Å². The number of benzene rings is 1. The third-order valence-corrected chi connectivity index (χ3v) is 3.81. The standard InChI is InChI=1S/C19H18N2O4/c1-12-7-8-14(18(22)20-13(2)16-5-3-9-24-16)11-15(12)21-19(23)17-6-4-10-25-17/h3-11,13H,1-2H3,(H,20,22)(H,21,23). The SMILES string of the molecule is Cc1ccc(C(=O)NC(C)c2ccco2)cc1NC(=O)c1ccco1. The van der Waals surface area contributed by atoms with Crippen LogP contribution in [0.1, 0.15) is 45.2 Å². The van der Waals surface area contributed by atoms with E-state index in [1.54, 1.807) is 48.7 Å². The second kappa shape index (κ2) is 7.09. The topological polar surface area (TPSA) is 84.5 Å². The lowest BCUT2D eigenvalue weighted by Gasteiger charge is -2.13. The molecule has 3 rings (SSSR count). The van der Waals surface area contributed by atoms with Crippen LogP contribution in [0.25, 0.3) is 0 Å². The normalized spacial score (nSPS) is 11.8. The van der Waals surface area contributed by atoms with E-state index in [1.165, 1.54) is 6.26 Å². The van der Waals surface area contributed by atoms with Crippen molar-refractivity contribution in [2.75, 3.05) is 5.32 Å². The lowest BCUT2D eigenvalue weighted by atomic mass is 10.1. The van der Waals surface area contributed by atoms with Gasteiger partial charge in [0, 0.05) is 11.3 Å². The second-order valence-corrected chi connectivity index (χ2v) is 5.67. The number of hydrogen-bond acceptors (Lipinski definition) is 4. The molecule has 0 aliphatic heterocycles. The van der Waals surface area contributed by atoms with E-state index in [0.29, 0.717) is 17.0 Å². The van der Waals surface area contributed by atoms with Gasteiger partial charge in [-0.3, -0.25) is 9.59 Å². The minimum Gasteiger partial charge on any atom is -0.467 e. The number of anilines is 1. The van der Waals surface area contributed by atoms with Crippen molar-refractivity contribution in [3.8, 4) is 0 Å². The average molecular weight is 338 g/mol. The summed E-state index contributed by atoms with van der Waals surface area (Å²) in [6, 6.07) is 11.7. The molecule has 1 atom stereocenters. The molecule has 25 heavy (non-hydrogen) atoms. The minimum absolute atomic E-state index is 0.209. The highest BCUT2D eigenvalue weighted by Gasteiger charge is 2.16. The minimum atomic E-state index is -0.366. The molecule has 0 aliphatic rings. The zero-order valence-electron chi connectivity index (χ0n) is 13.9. The molecule has 0 fully saturated rings. The lowest BCUT2D eigenvalue weighted by Crippen LogP contribution is -2.26. The monoisotopic (exact) mass is 338 g/mol. The molecule has 0 saturated carbocycles. The molecular weight excluding hydrogens is 320 g/mol. The maximum atomic E-state index is 12.4. The first-order valence-electron chi connectivity index (χ1n) is 7.84. The quantitative estimate of drug-likeness (QED) is 0.738. The Hall–Kier alpha value is -3.28. The fourth-order valence-electron chi connectivity index (χ4n) is 2.38. The van der Waals surface area contributed by atoms with E-state index >= 15 is 0 Å². The van der Waals surface area contributed by atoms with Gasteiger partial charge in [0.25, 0.3) is 11.8 Å². The maximum Gasteiger partial charge on any atom is 0.291 e. The highest BCUT2D eigenvalue weighted by atomic mass is 16.3. The number of nitrogens with one attached hydrogen (secondary N) is 2. The van der Waals surface area contributed by atoms with E-state index in [4.69, 9.17) is 8.83 Å². The summed E-state index contributed by atoms with van der Waals surface area (Å²) in [4.78, 5) is 24.6. The summed E-state index contributed by atoms with van der Waals surface area (Å²) in [5.41, 5.74) is 1.84. The van der Waals surface area contributed by atoms with Crippen LogP contribution >= 0.6 is 0 Å². The number of carbonyl (C=O) groups is 2. The molecule has 1 unspecified atom stereocenters. The summed E-state index contributed by atoms with van der Waals surface area (Å²) in [5.74, 6) is 0.263. The Morgan fingerprint density at radius 3 is 2.44 bits per heavy atom. The van der Waals surface area contributed by atoms with Crippen molar-refractivity contribution in [2.45, 2.75) is 19.9 Å². The van der Waals surface area contributed by atoms with E-state index in [0.717, 1.165) is 5.56 Å². The van der Waals surface area contributed by atoms with E-state index in [-0.39, 0.29) is 23.6 Å². The van der Waals surface area contributed by atoms with Crippen LogP contribution in [0, 0.1) is 6.92 Å². The summed E-state index contributed by atoms with van der Waals surface area (Å²) in [6.45, 7) is 3.69. The third-order valence-electron chi connectivity index (χ3n) is 3.81. The first-order chi connectivity index (χ1) is 12.0. The Labute approximate surface area is 144 Å². The predicted molar refractivity (Wildman–Crippen MR) is 92.4 cm³/mol. The largest absolute Gasteiger partial charge is 0.467 e. The maximum absolute atomic E-state index is 12.4. The number of amides is 2. The Bertz CT molecular complexity index is 867. The molecule has 6 nitrogen and oxygen atoms in total. The van der Waals surface area contributed by atoms with Crippen LogP contribution in [0.3, 0.4) is 0 Å². The second-order valence-electron chi connectivity index (χ2n) is 5.67. The van der Waals surface area contributed by atoms with Gasteiger partial charge in [0.2, 0.25) is 0 Å². The van der Waals surface area contributed by atoms with Crippen LogP contribution in [-0.2, 0) is 0 Å². The molecule has 2 aromatic heterocycles. The molecule has 0 aliphatic carbocycles.